The molecule has 1 aliphatic rings. The SMILES string of the molecule is C=CC(C(C)C)[C@H](C)C(C)N(C(C)CC)C1CC1. The lowest BCUT2D eigenvalue weighted by molar-refractivity contribution is 0.0802. The van der Waals surface area contributed by atoms with Crippen LogP contribution in [0.2, 0.25) is 0 Å². The largest absolute Gasteiger partial charge is 0.295 e. The highest BCUT2D eigenvalue weighted by molar-refractivity contribution is 4.95. The van der Waals surface area contributed by atoms with Crippen LogP contribution in [0.3, 0.4) is 0 Å². The molecule has 0 aromatic rings. The van der Waals surface area contributed by atoms with E-state index >= 15 is 0 Å². The van der Waals surface area contributed by atoms with Crippen molar-refractivity contribution in [2.75, 3.05) is 0 Å². The molecule has 0 aromatic carbocycles. The Kier molecular flexibility index (Phi) is 5.91. The maximum Gasteiger partial charge on any atom is 0.0104 e. The van der Waals surface area contributed by atoms with Gasteiger partial charge in [-0.2, -0.15) is 0 Å². The average Bonchev–Trinajstić information content (AvgIpc) is 3.13. The fourth-order valence-corrected chi connectivity index (χ4v) is 3.36. The summed E-state index contributed by atoms with van der Waals surface area (Å²) in [6.45, 7) is 18.2. The Hall–Kier alpha value is -0.300. The van der Waals surface area contributed by atoms with Gasteiger partial charge in [0, 0.05) is 18.1 Å². The zero-order valence-electron chi connectivity index (χ0n) is 13.3. The maximum atomic E-state index is 4.05. The predicted octanol–water partition coefficient (Wildman–Crippen LogP) is 4.73. The monoisotopic (exact) mass is 251 g/mol. The van der Waals surface area contributed by atoms with Crippen LogP contribution in [0, 0.1) is 17.8 Å². The van der Waals surface area contributed by atoms with Gasteiger partial charge in [-0.1, -0.05) is 33.8 Å². The van der Waals surface area contributed by atoms with Crippen molar-refractivity contribution in [1.29, 1.82) is 0 Å². The second-order valence-corrected chi connectivity index (χ2v) is 6.59. The molecule has 1 saturated carbocycles. The van der Waals surface area contributed by atoms with Gasteiger partial charge in [0.25, 0.3) is 0 Å². The van der Waals surface area contributed by atoms with Gasteiger partial charge in [0.15, 0.2) is 0 Å². The molecule has 1 fully saturated rings. The van der Waals surface area contributed by atoms with Crippen molar-refractivity contribution in [2.24, 2.45) is 17.8 Å². The Morgan fingerprint density at radius 3 is 2.06 bits per heavy atom. The predicted molar refractivity (Wildman–Crippen MR) is 81.8 cm³/mol. The summed E-state index contributed by atoms with van der Waals surface area (Å²) >= 11 is 0. The van der Waals surface area contributed by atoms with Gasteiger partial charge < -0.3 is 0 Å². The van der Waals surface area contributed by atoms with Crippen LogP contribution in [0.5, 0.6) is 0 Å². The summed E-state index contributed by atoms with van der Waals surface area (Å²) in [5.41, 5.74) is 0. The molecule has 1 nitrogen and oxygen atoms in total. The highest BCUT2D eigenvalue weighted by Crippen LogP contribution is 2.36. The molecule has 1 heteroatoms. The van der Waals surface area contributed by atoms with Gasteiger partial charge in [0.1, 0.15) is 0 Å². The maximum absolute atomic E-state index is 4.05. The third-order valence-corrected chi connectivity index (χ3v) is 4.95. The van der Waals surface area contributed by atoms with Gasteiger partial charge >= 0.3 is 0 Å². The first-order valence-electron chi connectivity index (χ1n) is 7.83. The fraction of sp³-hybridized carbons (Fsp3) is 0.882. The van der Waals surface area contributed by atoms with Crippen molar-refractivity contribution in [3.05, 3.63) is 12.7 Å². The minimum Gasteiger partial charge on any atom is -0.295 e. The van der Waals surface area contributed by atoms with Crippen molar-refractivity contribution in [3.63, 3.8) is 0 Å². The first-order chi connectivity index (χ1) is 8.43. The third kappa shape index (κ3) is 3.60. The van der Waals surface area contributed by atoms with E-state index in [-0.39, 0.29) is 0 Å². The van der Waals surface area contributed by atoms with Gasteiger partial charge in [-0.25, -0.2) is 0 Å². The molecule has 0 N–H and O–H groups in total. The molecular formula is C17H33N. The second kappa shape index (κ2) is 6.75. The Labute approximate surface area is 115 Å². The molecule has 0 bridgehead atoms. The van der Waals surface area contributed by atoms with Crippen molar-refractivity contribution in [3.8, 4) is 0 Å². The zero-order valence-corrected chi connectivity index (χ0v) is 13.3. The van der Waals surface area contributed by atoms with E-state index in [1.54, 1.807) is 0 Å². The molecule has 0 saturated heterocycles. The van der Waals surface area contributed by atoms with Gasteiger partial charge in [0.05, 0.1) is 0 Å². The van der Waals surface area contributed by atoms with E-state index in [1.165, 1.54) is 19.3 Å². The van der Waals surface area contributed by atoms with E-state index in [9.17, 15) is 0 Å². The molecular weight excluding hydrogens is 218 g/mol. The number of hydrogen-bond donors (Lipinski definition) is 0. The van der Waals surface area contributed by atoms with Crippen molar-refractivity contribution in [1.82, 2.24) is 4.90 Å². The molecule has 0 aliphatic heterocycles. The fourth-order valence-electron chi connectivity index (χ4n) is 3.36. The first-order valence-corrected chi connectivity index (χ1v) is 7.83. The van der Waals surface area contributed by atoms with Crippen molar-refractivity contribution >= 4 is 0 Å². The Balaban J connectivity index is 2.75. The molecule has 0 aromatic heterocycles. The number of nitrogens with zero attached hydrogens (tertiary/aromatic N) is 1. The lowest BCUT2D eigenvalue weighted by atomic mass is 9.80. The van der Waals surface area contributed by atoms with Gasteiger partial charge in [-0.3, -0.25) is 4.90 Å². The van der Waals surface area contributed by atoms with E-state index in [1.807, 2.05) is 0 Å². The van der Waals surface area contributed by atoms with E-state index in [0.29, 0.717) is 29.8 Å². The average molecular weight is 251 g/mol. The summed E-state index contributed by atoms with van der Waals surface area (Å²) < 4.78 is 0. The second-order valence-electron chi connectivity index (χ2n) is 6.59. The molecule has 0 spiro atoms. The van der Waals surface area contributed by atoms with Crippen LogP contribution in [-0.2, 0) is 0 Å². The first kappa shape index (κ1) is 15.8. The standard InChI is InChI=1S/C17H33N/c1-8-13(5)18(16-10-11-16)15(7)14(6)17(9-2)12(3)4/h9,12-17H,2,8,10-11H2,1,3-7H3/t13?,14-,15?,17?/m1/s1. The molecule has 0 amide bonds. The van der Waals surface area contributed by atoms with Crippen LogP contribution in [-0.4, -0.2) is 23.0 Å². The third-order valence-electron chi connectivity index (χ3n) is 4.95. The number of hydrogen-bond acceptors (Lipinski definition) is 1. The summed E-state index contributed by atoms with van der Waals surface area (Å²) in [5, 5.41) is 0. The Morgan fingerprint density at radius 1 is 1.17 bits per heavy atom. The molecule has 1 aliphatic carbocycles. The topological polar surface area (TPSA) is 3.24 Å². The summed E-state index contributed by atoms with van der Waals surface area (Å²) in [6, 6.07) is 2.24. The number of rotatable bonds is 8. The van der Waals surface area contributed by atoms with Crippen LogP contribution in [0.15, 0.2) is 12.7 Å². The van der Waals surface area contributed by atoms with Crippen molar-refractivity contribution in [2.45, 2.75) is 78.9 Å². The van der Waals surface area contributed by atoms with Crippen LogP contribution < -0.4 is 0 Å². The highest BCUT2D eigenvalue weighted by Gasteiger charge is 2.38. The van der Waals surface area contributed by atoms with E-state index in [4.69, 9.17) is 0 Å². The molecule has 18 heavy (non-hydrogen) atoms. The van der Waals surface area contributed by atoms with Crippen molar-refractivity contribution < 1.29 is 0 Å². The quantitative estimate of drug-likeness (QED) is 0.564. The molecule has 0 heterocycles. The molecule has 106 valence electrons. The van der Waals surface area contributed by atoms with Crippen LogP contribution in [0.4, 0.5) is 0 Å². The number of allylic oxidation sites excluding steroid dienone is 1. The molecule has 4 atom stereocenters. The van der Waals surface area contributed by atoms with Gasteiger partial charge in [-0.15, -0.1) is 6.58 Å². The Bertz CT molecular complexity index is 254. The smallest absolute Gasteiger partial charge is 0.0104 e. The Morgan fingerprint density at radius 2 is 1.72 bits per heavy atom. The van der Waals surface area contributed by atoms with Crippen LogP contribution in [0.1, 0.15) is 60.8 Å². The summed E-state index contributed by atoms with van der Waals surface area (Å²) in [4.78, 5) is 2.78. The van der Waals surface area contributed by atoms with Gasteiger partial charge in [-0.05, 0) is 50.9 Å². The zero-order chi connectivity index (χ0) is 13.9. The molecule has 0 radical (unpaired) electrons. The summed E-state index contributed by atoms with van der Waals surface area (Å²) in [6.07, 6.45) is 6.24. The molecule has 1 rings (SSSR count). The van der Waals surface area contributed by atoms with E-state index in [2.05, 4.69) is 59.1 Å². The van der Waals surface area contributed by atoms with Crippen LogP contribution in [0.25, 0.3) is 0 Å². The summed E-state index contributed by atoms with van der Waals surface area (Å²) in [7, 11) is 0. The van der Waals surface area contributed by atoms with E-state index in [0.717, 1.165) is 6.04 Å². The van der Waals surface area contributed by atoms with E-state index < -0.39 is 0 Å². The summed E-state index contributed by atoms with van der Waals surface area (Å²) in [5.74, 6) is 2.01. The highest BCUT2D eigenvalue weighted by atomic mass is 15.2. The van der Waals surface area contributed by atoms with Gasteiger partial charge in [0.2, 0.25) is 0 Å². The van der Waals surface area contributed by atoms with Crippen LogP contribution >= 0.6 is 0 Å². The molecule has 3 unspecified atom stereocenters. The lowest BCUT2D eigenvalue weighted by Crippen LogP contribution is -2.46. The lowest BCUT2D eigenvalue weighted by Gasteiger charge is -2.41. The minimum atomic E-state index is 0.630. The normalized spacial score (nSPS) is 22.9. The minimum absolute atomic E-state index is 0.630.